The molecule has 6 rings (SSSR count). The maximum Gasteiger partial charge on any atom is 0.216 e. The first-order valence-electron chi connectivity index (χ1n) is 12.0. The normalized spacial score (nSPS) is 15.7. The van der Waals surface area contributed by atoms with Gasteiger partial charge in [-0.1, -0.05) is 24.3 Å². The lowest BCUT2D eigenvalue weighted by molar-refractivity contribution is -0.660. The number of aryl methyl sites for hydroxylation is 2. The minimum atomic E-state index is -1.47. The van der Waals surface area contributed by atoms with E-state index in [9.17, 15) is 5.26 Å². The molecule has 3 nitrogen and oxygen atoms in total. The van der Waals surface area contributed by atoms with Gasteiger partial charge in [-0.05, 0) is 66.4 Å². The second kappa shape index (κ2) is 7.79. The fourth-order valence-corrected chi connectivity index (χ4v) is 5.77. The van der Waals surface area contributed by atoms with Crippen molar-refractivity contribution in [1.82, 2.24) is 0 Å². The molecule has 1 aliphatic rings. The van der Waals surface area contributed by atoms with E-state index in [0.717, 1.165) is 49.4 Å². The minimum Gasteiger partial charge on any atom is -0.454 e. The summed E-state index contributed by atoms with van der Waals surface area (Å²) >= 11 is 1.67. The van der Waals surface area contributed by atoms with Gasteiger partial charge in [-0.3, -0.25) is 0 Å². The lowest BCUT2D eigenvalue weighted by atomic mass is 9.91. The Hall–Kier alpha value is -3.55. The number of fused-ring (bicyclic) bond motifs is 4. The van der Waals surface area contributed by atoms with Gasteiger partial charge in [0.05, 0.1) is 17.2 Å². The Kier molecular flexibility index (Phi) is 4.24. The molecule has 3 heterocycles. The average Bonchev–Trinajstić information content (AvgIpc) is 3.22. The molecule has 0 N–H and O–H groups in total. The number of pyridine rings is 1. The maximum absolute atomic E-state index is 10.1. The number of thioether (sulfide) groups is 1. The second-order valence-electron chi connectivity index (χ2n) is 8.36. The first kappa shape index (κ1) is 17.9. The molecule has 3 aromatic carbocycles. The SMILES string of the molecule is [2H]C1([2H])CCSc2cccc(-c3c(C#N)ccc4c3oc3c(-c5cccc[n+]5C)c(C)ccc34)c21. The number of hydrogen-bond donors (Lipinski definition) is 0. The van der Waals surface area contributed by atoms with Crippen molar-refractivity contribution < 1.29 is 11.7 Å². The van der Waals surface area contributed by atoms with Crippen LogP contribution in [0.25, 0.3) is 44.3 Å². The molecule has 0 saturated heterocycles. The molecule has 0 saturated carbocycles. The minimum absolute atomic E-state index is 0.438. The predicted octanol–water partition coefficient (Wildman–Crippen LogP) is 6.96. The average molecular weight is 450 g/mol. The number of nitrogens with zero attached hydrogens (tertiary/aromatic N) is 2. The van der Waals surface area contributed by atoms with Crippen LogP contribution in [0.1, 0.15) is 25.9 Å². The summed E-state index contributed by atoms with van der Waals surface area (Å²) in [6.45, 7) is 2.08. The van der Waals surface area contributed by atoms with Crippen molar-refractivity contribution in [2.24, 2.45) is 7.05 Å². The molecule has 0 bridgehead atoms. The fraction of sp³-hybridized carbons (Fsp3) is 0.172. The molecule has 1 aliphatic heterocycles. The molecule has 5 aromatic rings. The van der Waals surface area contributed by atoms with Crippen LogP contribution in [0.3, 0.4) is 0 Å². The van der Waals surface area contributed by atoms with Gasteiger partial charge in [-0.15, -0.1) is 11.8 Å². The Balaban J connectivity index is 1.75. The van der Waals surface area contributed by atoms with Crippen molar-refractivity contribution >= 4 is 33.7 Å². The number of furan rings is 1. The van der Waals surface area contributed by atoms with Crippen LogP contribution >= 0.6 is 11.8 Å². The summed E-state index contributed by atoms with van der Waals surface area (Å²) in [6, 6.07) is 22.3. The Labute approximate surface area is 200 Å². The highest BCUT2D eigenvalue weighted by Crippen LogP contribution is 2.44. The molecule has 2 aromatic heterocycles. The summed E-state index contributed by atoms with van der Waals surface area (Å²) in [5, 5.41) is 12.0. The lowest BCUT2D eigenvalue weighted by Crippen LogP contribution is -2.30. The van der Waals surface area contributed by atoms with Crippen molar-refractivity contribution in [3.63, 3.8) is 0 Å². The first-order valence-corrected chi connectivity index (χ1v) is 12.0. The van der Waals surface area contributed by atoms with Gasteiger partial charge in [0.2, 0.25) is 5.69 Å². The van der Waals surface area contributed by atoms with Crippen LogP contribution in [-0.2, 0) is 13.4 Å². The summed E-state index contributed by atoms with van der Waals surface area (Å²) < 4.78 is 26.3. The van der Waals surface area contributed by atoms with Gasteiger partial charge in [0.15, 0.2) is 6.20 Å². The standard InChI is InChI=1S/C29H23N2OS/c1-18-11-13-22-23-14-12-19(17-30)27(21-7-5-10-25-20(21)8-6-16-33-25)29(23)32-28(22)26(18)24-9-3-4-15-31(24)2/h3-5,7,9-15H,6,8,16H2,1-2H3/q+1/i8D2. The van der Waals surface area contributed by atoms with Crippen LogP contribution < -0.4 is 4.57 Å². The zero-order valence-electron chi connectivity index (χ0n) is 20.5. The van der Waals surface area contributed by atoms with Crippen molar-refractivity contribution in [2.45, 2.75) is 24.6 Å². The molecule has 0 radical (unpaired) electrons. The molecule has 0 unspecified atom stereocenters. The van der Waals surface area contributed by atoms with Gasteiger partial charge in [0.1, 0.15) is 18.2 Å². The molecule has 0 aliphatic carbocycles. The predicted molar refractivity (Wildman–Crippen MR) is 134 cm³/mol. The summed E-state index contributed by atoms with van der Waals surface area (Å²) in [6.07, 6.45) is 0.983. The fourth-order valence-electron chi connectivity index (χ4n) is 4.84. The molecule has 0 atom stereocenters. The summed E-state index contributed by atoms with van der Waals surface area (Å²) in [5.41, 5.74) is 7.13. The number of rotatable bonds is 2. The Morgan fingerprint density at radius 2 is 1.82 bits per heavy atom. The molecule has 33 heavy (non-hydrogen) atoms. The van der Waals surface area contributed by atoms with Gasteiger partial charge in [-0.2, -0.15) is 5.26 Å². The summed E-state index contributed by atoms with van der Waals surface area (Å²) in [5.74, 6) is 0.736. The van der Waals surface area contributed by atoms with E-state index >= 15 is 0 Å². The molecule has 4 heteroatoms. The van der Waals surface area contributed by atoms with Gasteiger partial charge in [0, 0.05) is 36.1 Å². The van der Waals surface area contributed by atoms with Gasteiger partial charge >= 0.3 is 0 Å². The van der Waals surface area contributed by atoms with Crippen molar-refractivity contribution in [2.75, 3.05) is 5.75 Å². The summed E-state index contributed by atoms with van der Waals surface area (Å²) in [4.78, 5) is 0.934. The highest BCUT2D eigenvalue weighted by Gasteiger charge is 2.24. The summed E-state index contributed by atoms with van der Waals surface area (Å²) in [7, 11) is 2.02. The van der Waals surface area contributed by atoms with Gasteiger partial charge < -0.3 is 4.42 Å². The van der Waals surface area contributed by atoms with Gasteiger partial charge in [0.25, 0.3) is 0 Å². The van der Waals surface area contributed by atoms with Crippen LogP contribution in [0, 0.1) is 18.3 Å². The van der Waals surface area contributed by atoms with E-state index in [-0.39, 0.29) is 0 Å². The van der Waals surface area contributed by atoms with Crippen LogP contribution in [0.2, 0.25) is 0 Å². The monoisotopic (exact) mass is 449 g/mol. The van der Waals surface area contributed by atoms with E-state index in [1.807, 2.05) is 55.7 Å². The smallest absolute Gasteiger partial charge is 0.216 e. The van der Waals surface area contributed by atoms with Gasteiger partial charge in [-0.25, -0.2) is 4.57 Å². The van der Waals surface area contributed by atoms with E-state index in [0.29, 0.717) is 28.7 Å². The quantitative estimate of drug-likeness (QED) is 0.273. The topological polar surface area (TPSA) is 40.8 Å². The molecular formula is C29H23N2OS+. The van der Waals surface area contributed by atoms with Crippen LogP contribution in [0.15, 0.2) is 76.2 Å². The van der Waals surface area contributed by atoms with E-state index in [2.05, 4.69) is 35.8 Å². The number of aromatic nitrogens is 1. The molecule has 0 fully saturated rings. The van der Waals surface area contributed by atoms with Crippen LogP contribution in [-0.4, -0.2) is 5.75 Å². The molecule has 0 spiro atoms. The zero-order valence-corrected chi connectivity index (χ0v) is 19.3. The van der Waals surface area contributed by atoms with Crippen LogP contribution in [0.5, 0.6) is 0 Å². The van der Waals surface area contributed by atoms with Crippen molar-refractivity contribution in [3.8, 4) is 28.5 Å². The molecular weight excluding hydrogens is 424 g/mol. The highest BCUT2D eigenvalue weighted by atomic mass is 32.2. The molecule has 160 valence electrons. The zero-order chi connectivity index (χ0) is 24.3. The Morgan fingerprint density at radius 1 is 1.00 bits per heavy atom. The van der Waals surface area contributed by atoms with E-state index < -0.39 is 6.37 Å². The number of benzene rings is 3. The van der Waals surface area contributed by atoms with Crippen molar-refractivity contribution in [3.05, 3.63) is 83.6 Å². The van der Waals surface area contributed by atoms with Crippen LogP contribution in [0.4, 0.5) is 0 Å². The van der Waals surface area contributed by atoms with Crippen molar-refractivity contribution in [1.29, 1.82) is 5.26 Å². The third-order valence-corrected chi connectivity index (χ3v) is 7.47. The Morgan fingerprint density at radius 3 is 2.64 bits per heavy atom. The second-order valence-corrected chi connectivity index (χ2v) is 9.50. The van der Waals surface area contributed by atoms with E-state index in [1.54, 1.807) is 11.8 Å². The third-order valence-electron chi connectivity index (χ3n) is 6.41. The van der Waals surface area contributed by atoms with E-state index in [1.165, 1.54) is 0 Å². The maximum atomic E-state index is 10.1. The number of hydrogen-bond acceptors (Lipinski definition) is 3. The molecule has 0 amide bonds. The first-order chi connectivity index (χ1) is 16.9. The third kappa shape index (κ3) is 3.08. The van der Waals surface area contributed by atoms with E-state index in [4.69, 9.17) is 7.16 Å². The Bertz CT molecular complexity index is 1700. The lowest BCUT2D eigenvalue weighted by Gasteiger charge is -2.19. The largest absolute Gasteiger partial charge is 0.454 e. The highest BCUT2D eigenvalue weighted by molar-refractivity contribution is 7.99. The number of nitriles is 1.